The summed E-state index contributed by atoms with van der Waals surface area (Å²) in [5.41, 5.74) is 0. The quantitative estimate of drug-likeness (QED) is 0.875. The van der Waals surface area contributed by atoms with E-state index >= 15 is 0 Å². The van der Waals surface area contributed by atoms with E-state index in [1.807, 2.05) is 0 Å². The Bertz CT molecular complexity index is 416. The standard InChI is InChI=1S/C12H16N2O4/c1-17-12(16)14-6-2-5-10(14)11(15)13-8-9-4-3-7-18-9/h3-4,7,10H,2,5-6,8H2,1H3,(H,13,15). The van der Waals surface area contributed by atoms with Crippen LogP contribution in [0.4, 0.5) is 4.79 Å². The van der Waals surface area contributed by atoms with Gasteiger partial charge in [0.25, 0.3) is 0 Å². The molecule has 0 bridgehead atoms. The van der Waals surface area contributed by atoms with Gasteiger partial charge < -0.3 is 14.5 Å². The molecule has 0 saturated carbocycles. The van der Waals surface area contributed by atoms with E-state index in [4.69, 9.17) is 4.42 Å². The summed E-state index contributed by atoms with van der Waals surface area (Å²) in [6.45, 7) is 0.892. The molecule has 1 N–H and O–H groups in total. The predicted octanol–water partition coefficient (Wildman–Crippen LogP) is 1.13. The Morgan fingerprint density at radius 2 is 2.44 bits per heavy atom. The Balaban J connectivity index is 1.89. The first-order valence-corrected chi connectivity index (χ1v) is 5.87. The number of likely N-dealkylation sites (tertiary alicyclic amines) is 1. The van der Waals surface area contributed by atoms with Crippen LogP contribution in [0.25, 0.3) is 0 Å². The van der Waals surface area contributed by atoms with E-state index in [1.165, 1.54) is 12.0 Å². The van der Waals surface area contributed by atoms with Crippen LogP contribution < -0.4 is 5.32 Å². The van der Waals surface area contributed by atoms with Crippen LogP contribution in [0.15, 0.2) is 22.8 Å². The van der Waals surface area contributed by atoms with Crippen molar-refractivity contribution >= 4 is 12.0 Å². The van der Waals surface area contributed by atoms with Crippen LogP contribution in [0.5, 0.6) is 0 Å². The summed E-state index contributed by atoms with van der Waals surface area (Å²) in [7, 11) is 1.32. The van der Waals surface area contributed by atoms with E-state index in [-0.39, 0.29) is 5.91 Å². The molecule has 1 saturated heterocycles. The zero-order chi connectivity index (χ0) is 13.0. The summed E-state index contributed by atoms with van der Waals surface area (Å²) in [4.78, 5) is 24.9. The summed E-state index contributed by atoms with van der Waals surface area (Å²) in [6.07, 6.45) is 2.58. The predicted molar refractivity (Wildman–Crippen MR) is 62.7 cm³/mol. The Morgan fingerprint density at radius 3 is 3.11 bits per heavy atom. The molecule has 6 heteroatoms. The van der Waals surface area contributed by atoms with Gasteiger partial charge in [-0.3, -0.25) is 9.69 Å². The van der Waals surface area contributed by atoms with E-state index in [2.05, 4.69) is 10.1 Å². The number of hydrogen-bond donors (Lipinski definition) is 1. The first-order valence-electron chi connectivity index (χ1n) is 5.87. The summed E-state index contributed by atoms with van der Waals surface area (Å²) < 4.78 is 9.78. The Morgan fingerprint density at radius 1 is 1.61 bits per heavy atom. The minimum absolute atomic E-state index is 0.172. The van der Waals surface area contributed by atoms with Gasteiger partial charge in [-0.05, 0) is 25.0 Å². The van der Waals surface area contributed by atoms with Crippen molar-refractivity contribution in [1.82, 2.24) is 10.2 Å². The summed E-state index contributed by atoms with van der Waals surface area (Å²) in [5.74, 6) is 0.514. The van der Waals surface area contributed by atoms with Gasteiger partial charge in [-0.25, -0.2) is 4.79 Å². The van der Waals surface area contributed by atoms with Gasteiger partial charge >= 0.3 is 6.09 Å². The molecule has 2 heterocycles. The van der Waals surface area contributed by atoms with Crippen molar-refractivity contribution in [3.63, 3.8) is 0 Å². The minimum atomic E-state index is -0.453. The van der Waals surface area contributed by atoms with Crippen LogP contribution in [0.2, 0.25) is 0 Å². The van der Waals surface area contributed by atoms with Gasteiger partial charge in [-0.15, -0.1) is 0 Å². The lowest BCUT2D eigenvalue weighted by molar-refractivity contribution is -0.125. The molecule has 1 atom stereocenters. The molecule has 1 aliphatic rings. The molecule has 0 aromatic carbocycles. The molecule has 18 heavy (non-hydrogen) atoms. The lowest BCUT2D eigenvalue weighted by Gasteiger charge is -2.22. The van der Waals surface area contributed by atoms with Crippen molar-refractivity contribution in [1.29, 1.82) is 0 Å². The number of methoxy groups -OCH3 is 1. The third kappa shape index (κ3) is 2.64. The van der Waals surface area contributed by atoms with E-state index in [0.29, 0.717) is 25.3 Å². The third-order valence-electron chi connectivity index (χ3n) is 2.98. The highest BCUT2D eigenvalue weighted by molar-refractivity contribution is 5.86. The van der Waals surface area contributed by atoms with E-state index in [0.717, 1.165) is 6.42 Å². The van der Waals surface area contributed by atoms with Gasteiger partial charge in [-0.1, -0.05) is 0 Å². The lowest BCUT2D eigenvalue weighted by Crippen LogP contribution is -2.45. The largest absolute Gasteiger partial charge is 0.467 e. The second-order valence-corrected chi connectivity index (χ2v) is 4.12. The van der Waals surface area contributed by atoms with Crippen LogP contribution in [0, 0.1) is 0 Å². The van der Waals surface area contributed by atoms with Gasteiger partial charge in [0.2, 0.25) is 5.91 Å². The number of hydrogen-bond acceptors (Lipinski definition) is 4. The van der Waals surface area contributed by atoms with Crippen LogP contribution in [-0.4, -0.2) is 36.6 Å². The summed E-state index contributed by atoms with van der Waals surface area (Å²) in [5, 5.41) is 2.75. The van der Waals surface area contributed by atoms with Crippen LogP contribution >= 0.6 is 0 Å². The molecule has 1 aromatic heterocycles. The van der Waals surface area contributed by atoms with E-state index in [1.54, 1.807) is 18.4 Å². The number of carbonyl (C=O) groups is 2. The first kappa shape index (κ1) is 12.5. The average molecular weight is 252 g/mol. The zero-order valence-corrected chi connectivity index (χ0v) is 10.2. The normalized spacial score (nSPS) is 18.7. The smallest absolute Gasteiger partial charge is 0.410 e. The maximum atomic E-state index is 12.0. The van der Waals surface area contributed by atoms with Crippen molar-refractivity contribution in [2.24, 2.45) is 0 Å². The molecule has 1 unspecified atom stereocenters. The van der Waals surface area contributed by atoms with Gasteiger partial charge in [0.1, 0.15) is 11.8 Å². The molecule has 98 valence electrons. The van der Waals surface area contributed by atoms with Crippen molar-refractivity contribution in [3.8, 4) is 0 Å². The Labute approximate surface area is 105 Å². The molecule has 0 spiro atoms. The van der Waals surface area contributed by atoms with Crippen LogP contribution in [-0.2, 0) is 16.1 Å². The van der Waals surface area contributed by atoms with E-state index in [9.17, 15) is 9.59 Å². The number of amides is 2. The second kappa shape index (κ2) is 5.57. The second-order valence-electron chi connectivity index (χ2n) is 4.12. The molecule has 2 rings (SSSR count). The molecule has 0 radical (unpaired) electrons. The minimum Gasteiger partial charge on any atom is -0.467 e. The fraction of sp³-hybridized carbons (Fsp3) is 0.500. The van der Waals surface area contributed by atoms with Gasteiger partial charge in [0, 0.05) is 6.54 Å². The maximum Gasteiger partial charge on any atom is 0.410 e. The molecule has 1 aliphatic heterocycles. The Hall–Kier alpha value is -1.98. The first-order chi connectivity index (χ1) is 8.72. The molecular weight excluding hydrogens is 236 g/mol. The van der Waals surface area contributed by atoms with Crippen molar-refractivity contribution in [3.05, 3.63) is 24.2 Å². The molecule has 2 amide bonds. The number of ether oxygens (including phenoxy) is 1. The lowest BCUT2D eigenvalue weighted by atomic mass is 10.2. The molecular formula is C12H16N2O4. The maximum absolute atomic E-state index is 12.0. The molecule has 1 fully saturated rings. The fourth-order valence-corrected chi connectivity index (χ4v) is 2.08. The number of furan rings is 1. The van der Waals surface area contributed by atoms with Gasteiger partial charge in [0.05, 0.1) is 19.9 Å². The highest BCUT2D eigenvalue weighted by Crippen LogP contribution is 2.18. The number of carbonyl (C=O) groups excluding carboxylic acids is 2. The third-order valence-corrected chi connectivity index (χ3v) is 2.98. The molecule has 6 nitrogen and oxygen atoms in total. The van der Waals surface area contributed by atoms with Gasteiger partial charge in [0.15, 0.2) is 0 Å². The number of nitrogens with zero attached hydrogens (tertiary/aromatic N) is 1. The van der Waals surface area contributed by atoms with Crippen molar-refractivity contribution in [2.45, 2.75) is 25.4 Å². The SMILES string of the molecule is COC(=O)N1CCCC1C(=O)NCc1ccco1. The molecule has 0 aliphatic carbocycles. The van der Waals surface area contributed by atoms with E-state index < -0.39 is 12.1 Å². The average Bonchev–Trinajstić information content (AvgIpc) is 3.05. The highest BCUT2D eigenvalue weighted by Gasteiger charge is 2.34. The number of rotatable bonds is 3. The monoisotopic (exact) mass is 252 g/mol. The van der Waals surface area contributed by atoms with Crippen LogP contribution in [0.3, 0.4) is 0 Å². The van der Waals surface area contributed by atoms with Gasteiger partial charge in [-0.2, -0.15) is 0 Å². The topological polar surface area (TPSA) is 71.8 Å². The summed E-state index contributed by atoms with van der Waals surface area (Å²) in [6, 6.07) is 3.11. The highest BCUT2D eigenvalue weighted by atomic mass is 16.5. The summed E-state index contributed by atoms with van der Waals surface area (Å²) >= 11 is 0. The zero-order valence-electron chi connectivity index (χ0n) is 10.2. The Kier molecular flexibility index (Phi) is 3.86. The fourth-order valence-electron chi connectivity index (χ4n) is 2.08. The van der Waals surface area contributed by atoms with Crippen molar-refractivity contribution < 1.29 is 18.7 Å². The van der Waals surface area contributed by atoms with Crippen molar-refractivity contribution in [2.75, 3.05) is 13.7 Å². The number of nitrogens with one attached hydrogen (secondary N) is 1. The molecule has 1 aromatic rings. The van der Waals surface area contributed by atoms with Crippen LogP contribution in [0.1, 0.15) is 18.6 Å².